The molecule has 1 aromatic heterocycles. The maximum absolute atomic E-state index is 13.5. The van der Waals surface area contributed by atoms with Gasteiger partial charge in [-0.2, -0.15) is 5.10 Å². The van der Waals surface area contributed by atoms with Gasteiger partial charge >= 0.3 is 0 Å². The first-order valence-corrected chi connectivity index (χ1v) is 11.0. The Hall–Kier alpha value is -2.88. The molecule has 0 spiro atoms. The second kappa shape index (κ2) is 7.12. The van der Waals surface area contributed by atoms with Crippen LogP contribution in [0.2, 0.25) is 0 Å². The van der Waals surface area contributed by atoms with Gasteiger partial charge in [0, 0.05) is 11.8 Å². The summed E-state index contributed by atoms with van der Waals surface area (Å²) in [5.74, 6) is 1.06. The van der Waals surface area contributed by atoms with E-state index in [1.165, 1.54) is 17.5 Å². The van der Waals surface area contributed by atoms with Crippen molar-refractivity contribution in [3.8, 4) is 0 Å². The number of fused-ring (bicyclic) bond motifs is 1. The summed E-state index contributed by atoms with van der Waals surface area (Å²) >= 11 is 0. The Morgan fingerprint density at radius 1 is 1.07 bits per heavy atom. The van der Waals surface area contributed by atoms with Gasteiger partial charge in [0.1, 0.15) is 5.82 Å². The summed E-state index contributed by atoms with van der Waals surface area (Å²) in [4.78, 5) is 13.5. The van der Waals surface area contributed by atoms with Crippen molar-refractivity contribution in [2.45, 2.75) is 62.9 Å². The molecule has 30 heavy (non-hydrogen) atoms. The van der Waals surface area contributed by atoms with Gasteiger partial charge < -0.3 is 5.32 Å². The van der Waals surface area contributed by atoms with Gasteiger partial charge in [0.2, 0.25) is 0 Å². The van der Waals surface area contributed by atoms with Gasteiger partial charge in [-0.3, -0.25) is 4.79 Å². The number of nitrogens with zero attached hydrogens (tertiary/aromatic N) is 2. The zero-order valence-corrected chi connectivity index (χ0v) is 17.8. The maximum atomic E-state index is 13.5. The molecule has 1 aliphatic heterocycles. The molecule has 2 aromatic carbocycles. The fourth-order valence-corrected chi connectivity index (χ4v) is 5.20. The zero-order chi connectivity index (χ0) is 20.8. The van der Waals surface area contributed by atoms with E-state index in [2.05, 4.69) is 72.8 Å². The van der Waals surface area contributed by atoms with Crippen molar-refractivity contribution >= 4 is 11.6 Å². The van der Waals surface area contributed by atoms with Crippen LogP contribution >= 0.6 is 0 Å². The summed E-state index contributed by atoms with van der Waals surface area (Å²) in [6.07, 6.45) is 6.60. The van der Waals surface area contributed by atoms with E-state index in [1.54, 1.807) is 6.20 Å². The van der Waals surface area contributed by atoms with Gasteiger partial charge in [-0.1, -0.05) is 67.1 Å². The van der Waals surface area contributed by atoms with Crippen molar-refractivity contribution in [2.75, 3.05) is 5.32 Å². The van der Waals surface area contributed by atoms with Crippen molar-refractivity contribution < 1.29 is 4.79 Å². The number of ketones is 1. The van der Waals surface area contributed by atoms with Crippen LogP contribution in [0.25, 0.3) is 0 Å². The predicted molar refractivity (Wildman–Crippen MR) is 120 cm³/mol. The average Bonchev–Trinajstić information content (AvgIpc) is 3.17. The van der Waals surface area contributed by atoms with Crippen LogP contribution in [0.5, 0.6) is 0 Å². The van der Waals surface area contributed by atoms with Crippen LogP contribution < -0.4 is 5.32 Å². The van der Waals surface area contributed by atoms with Crippen molar-refractivity contribution in [1.29, 1.82) is 0 Å². The highest BCUT2D eigenvalue weighted by Crippen LogP contribution is 2.48. The Labute approximate surface area is 178 Å². The number of rotatable bonds is 5. The first-order valence-electron chi connectivity index (χ1n) is 11.0. The number of Topliss-reactive ketones (excluding diaryl/α,β-unsaturated/α-hetero) is 1. The monoisotopic (exact) mass is 399 g/mol. The van der Waals surface area contributed by atoms with E-state index in [9.17, 15) is 4.79 Å². The third-order valence-electron chi connectivity index (χ3n) is 7.06. The van der Waals surface area contributed by atoms with Gasteiger partial charge in [0.15, 0.2) is 5.78 Å². The Bertz CT molecular complexity index is 1050. The highest BCUT2D eigenvalue weighted by Gasteiger charge is 2.42. The fraction of sp³-hybridized carbons (Fsp3) is 0.385. The Balaban J connectivity index is 1.46. The van der Waals surface area contributed by atoms with Crippen LogP contribution in [0.15, 0.2) is 66.9 Å². The second-order valence-electron chi connectivity index (χ2n) is 9.54. The minimum absolute atomic E-state index is 0.0177. The summed E-state index contributed by atoms with van der Waals surface area (Å²) < 4.78 is 2.01. The molecular weight excluding hydrogens is 370 g/mol. The molecule has 2 heterocycles. The van der Waals surface area contributed by atoms with Crippen molar-refractivity contribution in [3.63, 3.8) is 0 Å². The molecule has 4 nitrogen and oxygen atoms in total. The van der Waals surface area contributed by atoms with Crippen LogP contribution in [0, 0.1) is 0 Å². The quantitative estimate of drug-likeness (QED) is 0.546. The molecule has 1 fully saturated rings. The van der Waals surface area contributed by atoms with E-state index in [0.29, 0.717) is 6.42 Å². The van der Waals surface area contributed by atoms with Crippen molar-refractivity contribution in [1.82, 2.24) is 9.78 Å². The lowest BCUT2D eigenvalue weighted by Gasteiger charge is -2.42. The molecule has 5 rings (SSSR count). The lowest BCUT2D eigenvalue weighted by atomic mass is 9.61. The van der Waals surface area contributed by atoms with Crippen LogP contribution in [0.3, 0.4) is 0 Å². The minimum Gasteiger partial charge on any atom is -0.363 e. The number of carbonyl (C=O) groups is 1. The lowest BCUT2D eigenvalue weighted by molar-refractivity contribution is 0.0905. The normalized spacial score (nSPS) is 21.2. The third kappa shape index (κ3) is 3.15. The van der Waals surface area contributed by atoms with Crippen molar-refractivity contribution in [3.05, 3.63) is 83.6 Å². The number of aromatic nitrogens is 2. The first kappa shape index (κ1) is 19.1. The van der Waals surface area contributed by atoms with E-state index in [-0.39, 0.29) is 22.8 Å². The van der Waals surface area contributed by atoms with Crippen LogP contribution in [-0.4, -0.2) is 15.6 Å². The standard InChI is InChI=1S/C26H29N3O/c1-25(2)16-22(19-10-5-3-6-11-19)28-24-21(18-27-29(24)25)23(30)17-26(14-9-15-26)20-12-7-4-8-13-20/h3-8,10-13,18,22,28H,9,14-17H2,1-2H3. The van der Waals surface area contributed by atoms with E-state index < -0.39 is 0 Å². The third-order valence-corrected chi connectivity index (χ3v) is 7.06. The largest absolute Gasteiger partial charge is 0.363 e. The molecule has 1 aliphatic carbocycles. The van der Waals surface area contributed by atoms with Gasteiger partial charge in [0.25, 0.3) is 0 Å². The molecule has 1 unspecified atom stereocenters. The number of nitrogens with one attached hydrogen (secondary N) is 1. The topological polar surface area (TPSA) is 46.9 Å². The van der Waals surface area contributed by atoms with E-state index >= 15 is 0 Å². The summed E-state index contributed by atoms with van der Waals surface area (Å²) in [6, 6.07) is 21.2. The predicted octanol–water partition coefficient (Wildman–Crippen LogP) is 5.87. The Morgan fingerprint density at radius 2 is 1.73 bits per heavy atom. The molecule has 2 aliphatic rings. The zero-order valence-electron chi connectivity index (χ0n) is 17.8. The molecule has 1 N–H and O–H groups in total. The van der Waals surface area contributed by atoms with Crippen LogP contribution in [-0.2, 0) is 11.0 Å². The summed E-state index contributed by atoms with van der Waals surface area (Å²) in [7, 11) is 0. The van der Waals surface area contributed by atoms with E-state index in [1.807, 2.05) is 16.8 Å². The molecule has 3 aromatic rings. The minimum atomic E-state index is -0.160. The molecule has 0 bridgehead atoms. The summed E-state index contributed by atoms with van der Waals surface area (Å²) in [5.41, 5.74) is 3.09. The molecule has 1 atom stereocenters. The summed E-state index contributed by atoms with van der Waals surface area (Å²) in [6.45, 7) is 4.40. The SMILES string of the molecule is CC1(C)CC(c2ccccc2)Nc2c(C(=O)CC3(c4ccccc4)CCC3)cnn21. The van der Waals surface area contributed by atoms with Gasteiger partial charge in [-0.15, -0.1) is 0 Å². The molecule has 0 radical (unpaired) electrons. The number of hydrogen-bond acceptors (Lipinski definition) is 3. The van der Waals surface area contributed by atoms with Gasteiger partial charge in [-0.05, 0) is 44.2 Å². The van der Waals surface area contributed by atoms with Crippen molar-refractivity contribution in [2.24, 2.45) is 0 Å². The van der Waals surface area contributed by atoms with Gasteiger partial charge in [0.05, 0.1) is 23.3 Å². The molecule has 4 heteroatoms. The van der Waals surface area contributed by atoms with Gasteiger partial charge in [-0.25, -0.2) is 4.68 Å². The van der Waals surface area contributed by atoms with Crippen LogP contribution in [0.1, 0.15) is 73.5 Å². The van der Waals surface area contributed by atoms with E-state index in [4.69, 9.17) is 0 Å². The molecule has 1 saturated carbocycles. The number of carbonyl (C=O) groups excluding carboxylic acids is 1. The summed E-state index contributed by atoms with van der Waals surface area (Å²) in [5, 5.41) is 8.28. The average molecular weight is 400 g/mol. The smallest absolute Gasteiger partial charge is 0.169 e. The second-order valence-corrected chi connectivity index (χ2v) is 9.54. The Morgan fingerprint density at radius 3 is 2.37 bits per heavy atom. The molecule has 154 valence electrons. The lowest BCUT2D eigenvalue weighted by Crippen LogP contribution is -2.39. The number of benzene rings is 2. The number of hydrogen-bond donors (Lipinski definition) is 1. The highest BCUT2D eigenvalue weighted by molar-refractivity contribution is 6.01. The fourth-order valence-electron chi connectivity index (χ4n) is 5.20. The van der Waals surface area contributed by atoms with E-state index in [0.717, 1.165) is 30.6 Å². The molecule has 0 saturated heterocycles. The first-order chi connectivity index (χ1) is 14.5. The molecular formula is C26H29N3O. The maximum Gasteiger partial charge on any atom is 0.169 e. The Kier molecular flexibility index (Phi) is 4.53. The molecule has 0 amide bonds. The van der Waals surface area contributed by atoms with Crippen LogP contribution in [0.4, 0.5) is 5.82 Å². The highest BCUT2D eigenvalue weighted by atomic mass is 16.1. The number of anilines is 1.